The summed E-state index contributed by atoms with van der Waals surface area (Å²) in [7, 11) is 0. The molecule has 0 aromatic heterocycles. The third kappa shape index (κ3) is 4.11. The van der Waals surface area contributed by atoms with Crippen molar-refractivity contribution in [1.29, 1.82) is 0 Å². The van der Waals surface area contributed by atoms with E-state index < -0.39 is 0 Å². The Kier molecular flexibility index (Phi) is 5.57. The zero-order valence-corrected chi connectivity index (χ0v) is 11.6. The normalized spacial score (nSPS) is 13.1. The van der Waals surface area contributed by atoms with Gasteiger partial charge in [-0.2, -0.15) is 10.2 Å². The van der Waals surface area contributed by atoms with Crippen molar-refractivity contribution in [3.8, 4) is 0 Å². The van der Waals surface area contributed by atoms with Gasteiger partial charge in [0.1, 0.15) is 11.4 Å². The summed E-state index contributed by atoms with van der Waals surface area (Å²) in [4.78, 5) is 0. The molecular formula is C16H14N4O2. The van der Waals surface area contributed by atoms with Crippen molar-refractivity contribution in [2.24, 2.45) is 20.5 Å². The molecule has 2 N–H and O–H groups in total. The SMILES string of the molecule is O\N=C(/C=N/N=C/C(=N/O)c1ccccc1)c1ccccc1. The molecule has 6 heteroatoms. The molecule has 0 amide bonds. The monoisotopic (exact) mass is 294 g/mol. The number of oxime groups is 2. The fourth-order valence-corrected chi connectivity index (χ4v) is 1.71. The van der Waals surface area contributed by atoms with Crippen LogP contribution in [0, 0.1) is 0 Å². The molecule has 2 aromatic rings. The van der Waals surface area contributed by atoms with Crippen LogP contribution in [0.15, 0.2) is 81.2 Å². The number of hydrogen-bond acceptors (Lipinski definition) is 6. The minimum Gasteiger partial charge on any atom is -0.410 e. The Hall–Kier alpha value is -3.28. The van der Waals surface area contributed by atoms with E-state index in [2.05, 4.69) is 20.5 Å². The van der Waals surface area contributed by atoms with E-state index in [1.807, 2.05) is 36.4 Å². The smallest absolute Gasteiger partial charge is 0.129 e. The van der Waals surface area contributed by atoms with E-state index in [1.165, 1.54) is 12.4 Å². The molecule has 22 heavy (non-hydrogen) atoms. The maximum absolute atomic E-state index is 8.99. The molecule has 0 radical (unpaired) electrons. The van der Waals surface area contributed by atoms with Crippen LogP contribution in [-0.2, 0) is 0 Å². The van der Waals surface area contributed by atoms with Crippen molar-refractivity contribution < 1.29 is 10.4 Å². The average Bonchev–Trinajstić information content (AvgIpc) is 2.60. The Morgan fingerprint density at radius 2 is 1.00 bits per heavy atom. The summed E-state index contributed by atoms with van der Waals surface area (Å²) in [6.07, 6.45) is 2.62. The molecule has 0 aliphatic carbocycles. The molecule has 2 rings (SSSR count). The van der Waals surface area contributed by atoms with Gasteiger partial charge in [-0.3, -0.25) is 0 Å². The molecule has 0 aliphatic rings. The van der Waals surface area contributed by atoms with Crippen molar-refractivity contribution in [1.82, 2.24) is 0 Å². The van der Waals surface area contributed by atoms with Gasteiger partial charge in [-0.25, -0.2) is 0 Å². The highest BCUT2D eigenvalue weighted by Gasteiger charge is 2.00. The lowest BCUT2D eigenvalue weighted by Gasteiger charge is -1.97. The zero-order valence-electron chi connectivity index (χ0n) is 11.6. The first-order valence-corrected chi connectivity index (χ1v) is 6.46. The molecule has 110 valence electrons. The lowest BCUT2D eigenvalue weighted by molar-refractivity contribution is 0.320. The molecule has 0 aliphatic heterocycles. The van der Waals surface area contributed by atoms with Gasteiger partial charge in [-0.15, -0.1) is 0 Å². The quantitative estimate of drug-likeness (QED) is 0.504. The Morgan fingerprint density at radius 1 is 0.636 bits per heavy atom. The van der Waals surface area contributed by atoms with E-state index in [4.69, 9.17) is 10.4 Å². The van der Waals surface area contributed by atoms with E-state index in [-0.39, 0.29) is 11.4 Å². The summed E-state index contributed by atoms with van der Waals surface area (Å²) < 4.78 is 0. The third-order valence-corrected chi connectivity index (χ3v) is 2.78. The predicted octanol–water partition coefficient (Wildman–Crippen LogP) is 2.80. The van der Waals surface area contributed by atoms with Crippen LogP contribution in [0.4, 0.5) is 0 Å². The van der Waals surface area contributed by atoms with Crippen LogP contribution in [0.2, 0.25) is 0 Å². The van der Waals surface area contributed by atoms with Gasteiger partial charge >= 0.3 is 0 Å². The van der Waals surface area contributed by atoms with Crippen LogP contribution < -0.4 is 0 Å². The van der Waals surface area contributed by atoms with Crippen molar-refractivity contribution in [2.75, 3.05) is 0 Å². The molecule has 6 nitrogen and oxygen atoms in total. The van der Waals surface area contributed by atoms with Gasteiger partial charge in [0.05, 0.1) is 12.4 Å². The molecular weight excluding hydrogens is 280 g/mol. The first-order chi connectivity index (χ1) is 10.8. The summed E-state index contributed by atoms with van der Waals surface area (Å²) in [5.74, 6) is 0. The van der Waals surface area contributed by atoms with Gasteiger partial charge in [0.2, 0.25) is 0 Å². The number of nitrogens with zero attached hydrogens (tertiary/aromatic N) is 4. The molecule has 0 spiro atoms. The Bertz CT molecular complexity index is 644. The Labute approximate surface area is 127 Å². The fraction of sp³-hybridized carbons (Fsp3) is 0. The van der Waals surface area contributed by atoms with Crippen LogP contribution in [-0.4, -0.2) is 34.3 Å². The zero-order chi connectivity index (χ0) is 15.6. The molecule has 0 fully saturated rings. The molecule has 0 heterocycles. The molecule has 0 unspecified atom stereocenters. The molecule has 2 aromatic carbocycles. The highest BCUT2D eigenvalue weighted by molar-refractivity contribution is 6.39. The van der Waals surface area contributed by atoms with Crippen molar-refractivity contribution >= 4 is 23.9 Å². The van der Waals surface area contributed by atoms with E-state index in [0.717, 1.165) is 0 Å². The van der Waals surface area contributed by atoms with Gasteiger partial charge in [0, 0.05) is 11.1 Å². The largest absolute Gasteiger partial charge is 0.410 e. The first-order valence-electron chi connectivity index (χ1n) is 6.46. The summed E-state index contributed by atoms with van der Waals surface area (Å²) in [5, 5.41) is 31.9. The number of hydrogen-bond donors (Lipinski definition) is 2. The van der Waals surface area contributed by atoms with Crippen LogP contribution in [0.3, 0.4) is 0 Å². The second kappa shape index (κ2) is 8.11. The Morgan fingerprint density at radius 3 is 1.32 bits per heavy atom. The lowest BCUT2D eigenvalue weighted by Crippen LogP contribution is -2.03. The minimum absolute atomic E-state index is 0.278. The molecule has 0 saturated carbocycles. The van der Waals surface area contributed by atoms with Crippen LogP contribution in [0.25, 0.3) is 0 Å². The van der Waals surface area contributed by atoms with Gasteiger partial charge in [-0.1, -0.05) is 71.0 Å². The number of benzene rings is 2. The molecule has 0 saturated heterocycles. The van der Waals surface area contributed by atoms with E-state index in [0.29, 0.717) is 11.1 Å². The first kappa shape index (κ1) is 15.1. The summed E-state index contributed by atoms with van der Waals surface area (Å²) >= 11 is 0. The van der Waals surface area contributed by atoms with Crippen LogP contribution in [0.1, 0.15) is 11.1 Å². The summed E-state index contributed by atoms with van der Waals surface area (Å²) in [5.41, 5.74) is 1.98. The molecule has 0 atom stereocenters. The van der Waals surface area contributed by atoms with Gasteiger partial charge in [-0.05, 0) is 0 Å². The summed E-state index contributed by atoms with van der Waals surface area (Å²) in [6, 6.07) is 18.2. The van der Waals surface area contributed by atoms with E-state index >= 15 is 0 Å². The van der Waals surface area contributed by atoms with Gasteiger partial charge < -0.3 is 10.4 Å². The average molecular weight is 294 g/mol. The minimum atomic E-state index is 0.278. The standard InChI is InChI=1S/C16H14N4O2/c21-19-15(13-7-3-1-4-8-13)11-17-18-12-16(20-22)14-9-5-2-6-10-14/h1-12,21-22H/b17-11+,18-12+,19-15-,20-16+. The highest BCUT2D eigenvalue weighted by atomic mass is 16.4. The predicted molar refractivity (Wildman–Crippen MR) is 86.5 cm³/mol. The van der Waals surface area contributed by atoms with Crippen LogP contribution in [0.5, 0.6) is 0 Å². The lowest BCUT2D eigenvalue weighted by atomic mass is 10.1. The van der Waals surface area contributed by atoms with Gasteiger partial charge in [0.15, 0.2) is 0 Å². The van der Waals surface area contributed by atoms with Crippen molar-refractivity contribution in [3.05, 3.63) is 71.8 Å². The fourth-order valence-electron chi connectivity index (χ4n) is 1.71. The number of rotatable bonds is 5. The van der Waals surface area contributed by atoms with Crippen LogP contribution >= 0.6 is 0 Å². The second-order valence-corrected chi connectivity index (χ2v) is 4.19. The van der Waals surface area contributed by atoms with Crippen molar-refractivity contribution in [3.63, 3.8) is 0 Å². The van der Waals surface area contributed by atoms with E-state index in [9.17, 15) is 0 Å². The Balaban J connectivity index is 2.08. The third-order valence-electron chi connectivity index (χ3n) is 2.78. The maximum atomic E-state index is 8.99. The highest BCUT2D eigenvalue weighted by Crippen LogP contribution is 2.01. The topological polar surface area (TPSA) is 89.9 Å². The van der Waals surface area contributed by atoms with Gasteiger partial charge in [0.25, 0.3) is 0 Å². The second-order valence-electron chi connectivity index (χ2n) is 4.19. The van der Waals surface area contributed by atoms with Crippen molar-refractivity contribution in [2.45, 2.75) is 0 Å². The summed E-state index contributed by atoms with van der Waals surface area (Å²) in [6.45, 7) is 0. The maximum Gasteiger partial charge on any atom is 0.129 e. The molecule has 0 bridgehead atoms. The van der Waals surface area contributed by atoms with E-state index in [1.54, 1.807) is 24.3 Å².